The van der Waals surface area contributed by atoms with Crippen LogP contribution in [0.2, 0.25) is 0 Å². The van der Waals surface area contributed by atoms with E-state index in [0.717, 1.165) is 5.75 Å². The minimum Gasteiger partial charge on any atom is -0.492 e. The van der Waals surface area contributed by atoms with Crippen molar-refractivity contribution in [3.05, 3.63) is 51.4 Å². The highest BCUT2D eigenvalue weighted by atomic mass is 79.9. The molecule has 2 rings (SSSR count). The zero-order chi connectivity index (χ0) is 15.2. The summed E-state index contributed by atoms with van der Waals surface area (Å²) in [7, 11) is 0. The minimum absolute atomic E-state index is 0.0317. The Hall–Kier alpha value is -1.82. The van der Waals surface area contributed by atoms with Crippen LogP contribution < -0.4 is 15.6 Å². The van der Waals surface area contributed by atoms with Crippen LogP contribution in [0.15, 0.2) is 45.8 Å². The molecule has 5 nitrogen and oxygen atoms in total. The van der Waals surface area contributed by atoms with Crippen molar-refractivity contribution in [3.63, 3.8) is 0 Å². The molecule has 0 aliphatic heterocycles. The molecule has 0 fully saturated rings. The molecule has 1 aromatic carbocycles. The van der Waals surface area contributed by atoms with E-state index in [1.54, 1.807) is 6.20 Å². The van der Waals surface area contributed by atoms with E-state index in [0.29, 0.717) is 23.3 Å². The summed E-state index contributed by atoms with van der Waals surface area (Å²) in [5.41, 5.74) is 0.535. The van der Waals surface area contributed by atoms with Crippen LogP contribution in [0.25, 0.3) is 0 Å². The molecular weight excluding hydrogens is 334 g/mol. The maximum Gasteiger partial charge on any atom is 0.283 e. The normalized spacial score (nSPS) is 10.7. The molecule has 21 heavy (non-hydrogen) atoms. The summed E-state index contributed by atoms with van der Waals surface area (Å²) in [6.45, 7) is 4.92. The van der Waals surface area contributed by atoms with Crippen LogP contribution in [0.5, 0.6) is 5.75 Å². The summed E-state index contributed by atoms with van der Waals surface area (Å²) in [4.78, 5) is 12.1. The molecular formula is C15H18BrN3O2. The molecule has 1 N–H and O–H groups in total. The maximum absolute atomic E-state index is 12.1. The van der Waals surface area contributed by atoms with Gasteiger partial charge >= 0.3 is 0 Å². The van der Waals surface area contributed by atoms with Crippen molar-refractivity contribution in [2.75, 3.05) is 18.5 Å². The van der Waals surface area contributed by atoms with Gasteiger partial charge in [-0.2, -0.15) is 5.10 Å². The van der Waals surface area contributed by atoms with E-state index >= 15 is 0 Å². The molecule has 1 aromatic heterocycles. The van der Waals surface area contributed by atoms with Crippen molar-refractivity contribution in [2.45, 2.75) is 19.9 Å². The molecule has 112 valence electrons. The summed E-state index contributed by atoms with van der Waals surface area (Å²) in [5, 5.41) is 7.29. The molecule has 1 heterocycles. The van der Waals surface area contributed by atoms with Gasteiger partial charge in [-0.1, -0.05) is 18.2 Å². The monoisotopic (exact) mass is 351 g/mol. The molecule has 0 aliphatic rings. The van der Waals surface area contributed by atoms with Gasteiger partial charge in [0.2, 0.25) is 0 Å². The Morgan fingerprint density at radius 1 is 1.33 bits per heavy atom. The number of hydrogen-bond acceptors (Lipinski definition) is 4. The van der Waals surface area contributed by atoms with Crippen molar-refractivity contribution >= 4 is 21.6 Å². The van der Waals surface area contributed by atoms with Crippen LogP contribution in [-0.4, -0.2) is 22.9 Å². The number of anilines is 1. The third kappa shape index (κ3) is 4.07. The molecule has 0 unspecified atom stereocenters. The van der Waals surface area contributed by atoms with Gasteiger partial charge in [-0.3, -0.25) is 4.79 Å². The maximum atomic E-state index is 12.1. The number of para-hydroxylation sites is 1. The Kier molecular flexibility index (Phi) is 5.38. The lowest BCUT2D eigenvalue weighted by Crippen LogP contribution is -2.26. The van der Waals surface area contributed by atoms with Crippen LogP contribution in [0, 0.1) is 0 Å². The lowest BCUT2D eigenvalue weighted by Gasteiger charge is -2.12. The largest absolute Gasteiger partial charge is 0.492 e. The minimum atomic E-state index is -0.140. The van der Waals surface area contributed by atoms with Crippen LogP contribution in [0.4, 0.5) is 5.69 Å². The Morgan fingerprint density at radius 3 is 2.71 bits per heavy atom. The highest BCUT2D eigenvalue weighted by molar-refractivity contribution is 9.10. The Labute approximate surface area is 132 Å². The second-order valence-corrected chi connectivity index (χ2v) is 5.60. The summed E-state index contributed by atoms with van der Waals surface area (Å²) >= 11 is 3.32. The van der Waals surface area contributed by atoms with Crippen LogP contribution >= 0.6 is 15.9 Å². The van der Waals surface area contributed by atoms with E-state index in [1.807, 2.05) is 44.2 Å². The van der Waals surface area contributed by atoms with Gasteiger partial charge in [-0.25, -0.2) is 4.68 Å². The highest BCUT2D eigenvalue weighted by Gasteiger charge is 2.10. The molecule has 2 aromatic rings. The average molecular weight is 352 g/mol. The highest BCUT2D eigenvalue weighted by Crippen LogP contribution is 2.17. The number of benzene rings is 1. The van der Waals surface area contributed by atoms with Gasteiger partial charge in [0.15, 0.2) is 0 Å². The molecule has 0 amide bonds. The summed E-state index contributed by atoms with van der Waals surface area (Å²) < 4.78 is 7.51. The Balaban J connectivity index is 1.92. The third-order valence-corrected chi connectivity index (χ3v) is 3.63. The van der Waals surface area contributed by atoms with Crippen molar-refractivity contribution in [2.24, 2.45) is 0 Å². The van der Waals surface area contributed by atoms with Gasteiger partial charge in [-0.05, 0) is 41.9 Å². The van der Waals surface area contributed by atoms with E-state index in [-0.39, 0.29) is 11.6 Å². The number of aromatic nitrogens is 2. The fourth-order valence-corrected chi connectivity index (χ4v) is 2.23. The first-order chi connectivity index (χ1) is 10.1. The van der Waals surface area contributed by atoms with Crippen molar-refractivity contribution in [1.29, 1.82) is 0 Å². The molecule has 0 bridgehead atoms. The number of halogens is 1. The fourth-order valence-electron chi connectivity index (χ4n) is 1.81. The van der Waals surface area contributed by atoms with Gasteiger partial charge in [0, 0.05) is 6.54 Å². The predicted molar refractivity (Wildman–Crippen MR) is 87.0 cm³/mol. The average Bonchev–Trinajstić information content (AvgIpc) is 2.48. The Bertz CT molecular complexity index is 641. The first-order valence-corrected chi connectivity index (χ1v) is 7.58. The molecule has 0 radical (unpaired) electrons. The molecule has 0 aliphatic carbocycles. The molecule has 0 saturated heterocycles. The molecule has 0 spiro atoms. The van der Waals surface area contributed by atoms with Gasteiger partial charge in [-0.15, -0.1) is 0 Å². The smallest absolute Gasteiger partial charge is 0.283 e. The van der Waals surface area contributed by atoms with E-state index in [1.165, 1.54) is 4.68 Å². The number of rotatable bonds is 6. The topological polar surface area (TPSA) is 56.1 Å². The molecule has 0 saturated carbocycles. The number of nitrogens with zero attached hydrogens (tertiary/aromatic N) is 2. The number of nitrogens with one attached hydrogen (secondary N) is 1. The SMILES string of the molecule is CC(C)n1ncc(NCCOc2ccccc2)c(Br)c1=O. The predicted octanol–water partition coefficient (Wildman–Crippen LogP) is 3.08. The van der Waals surface area contributed by atoms with E-state index in [9.17, 15) is 4.79 Å². The summed E-state index contributed by atoms with van der Waals surface area (Å²) in [6.07, 6.45) is 1.65. The van der Waals surface area contributed by atoms with E-state index in [4.69, 9.17) is 4.74 Å². The first kappa shape index (κ1) is 15.6. The van der Waals surface area contributed by atoms with Gasteiger partial charge in [0.1, 0.15) is 16.8 Å². The zero-order valence-corrected chi connectivity index (χ0v) is 13.6. The lowest BCUT2D eigenvalue weighted by atomic mass is 10.3. The summed E-state index contributed by atoms with van der Waals surface area (Å²) in [5.74, 6) is 0.826. The van der Waals surface area contributed by atoms with Crippen molar-refractivity contribution in [3.8, 4) is 5.75 Å². The first-order valence-electron chi connectivity index (χ1n) is 6.78. The van der Waals surface area contributed by atoms with Crippen molar-refractivity contribution < 1.29 is 4.74 Å². The fraction of sp³-hybridized carbons (Fsp3) is 0.333. The molecule has 6 heteroatoms. The summed E-state index contributed by atoms with van der Waals surface area (Å²) in [6, 6.07) is 9.63. The zero-order valence-electron chi connectivity index (χ0n) is 12.0. The van der Waals surface area contributed by atoms with Crippen LogP contribution in [0.1, 0.15) is 19.9 Å². The quantitative estimate of drug-likeness (QED) is 0.812. The van der Waals surface area contributed by atoms with Gasteiger partial charge in [0.05, 0.1) is 17.9 Å². The number of hydrogen-bond donors (Lipinski definition) is 1. The molecule has 0 atom stereocenters. The van der Waals surface area contributed by atoms with E-state index in [2.05, 4.69) is 26.3 Å². The number of ether oxygens (including phenoxy) is 1. The lowest BCUT2D eigenvalue weighted by molar-refractivity contribution is 0.333. The van der Waals surface area contributed by atoms with Crippen LogP contribution in [-0.2, 0) is 0 Å². The van der Waals surface area contributed by atoms with Crippen molar-refractivity contribution in [1.82, 2.24) is 9.78 Å². The van der Waals surface area contributed by atoms with E-state index < -0.39 is 0 Å². The standard InChI is InChI=1S/C15H18BrN3O2/c1-11(2)19-15(20)14(16)13(10-18-19)17-8-9-21-12-6-4-3-5-7-12/h3-7,10-11,17H,8-9H2,1-2H3. The second kappa shape index (κ2) is 7.26. The third-order valence-electron chi connectivity index (χ3n) is 2.86. The van der Waals surface area contributed by atoms with Crippen LogP contribution in [0.3, 0.4) is 0 Å². The Morgan fingerprint density at radius 2 is 2.05 bits per heavy atom. The second-order valence-electron chi connectivity index (χ2n) is 4.80. The van der Waals surface area contributed by atoms with Gasteiger partial charge in [0.25, 0.3) is 5.56 Å². The van der Waals surface area contributed by atoms with Gasteiger partial charge < -0.3 is 10.1 Å².